The predicted octanol–water partition coefficient (Wildman–Crippen LogP) is 1.72. The summed E-state index contributed by atoms with van der Waals surface area (Å²) in [6.45, 7) is 3.74. The first-order valence-electron chi connectivity index (χ1n) is 6.72. The molecule has 1 aliphatic carbocycles. The monoisotopic (exact) mass is 248 g/mol. The van der Waals surface area contributed by atoms with Crippen LogP contribution >= 0.6 is 0 Å². The zero-order valence-electron chi connectivity index (χ0n) is 11.0. The minimum Gasteiger partial charge on any atom is -0.464 e. The minimum absolute atomic E-state index is 0.0385. The molecular formula is C14H20N2O2. The van der Waals surface area contributed by atoms with Gasteiger partial charge in [-0.2, -0.15) is 0 Å². The molecular weight excluding hydrogens is 228 g/mol. The molecule has 1 saturated carbocycles. The molecule has 3 rings (SSSR count). The lowest BCUT2D eigenvalue weighted by atomic mass is 10.2. The zero-order valence-corrected chi connectivity index (χ0v) is 11.0. The number of carbonyl (C=O) groups is 1. The van der Waals surface area contributed by atoms with Crippen LogP contribution in [0.4, 0.5) is 0 Å². The van der Waals surface area contributed by atoms with Crippen molar-refractivity contribution in [1.29, 1.82) is 0 Å². The van der Waals surface area contributed by atoms with Crippen LogP contribution < -0.4 is 5.32 Å². The summed E-state index contributed by atoms with van der Waals surface area (Å²) in [6, 6.07) is 4.06. The van der Waals surface area contributed by atoms with Gasteiger partial charge in [-0.15, -0.1) is 0 Å². The van der Waals surface area contributed by atoms with Crippen LogP contribution in [-0.2, 0) is 11.3 Å². The van der Waals surface area contributed by atoms with Crippen LogP contribution in [-0.4, -0.2) is 30.4 Å². The fourth-order valence-corrected chi connectivity index (χ4v) is 2.64. The van der Waals surface area contributed by atoms with E-state index >= 15 is 0 Å². The first kappa shape index (κ1) is 11.8. The molecule has 0 bridgehead atoms. The van der Waals surface area contributed by atoms with E-state index in [4.69, 9.17) is 4.42 Å². The molecule has 18 heavy (non-hydrogen) atoms. The van der Waals surface area contributed by atoms with Crippen LogP contribution in [0.3, 0.4) is 0 Å². The van der Waals surface area contributed by atoms with E-state index in [0.717, 1.165) is 30.4 Å². The summed E-state index contributed by atoms with van der Waals surface area (Å²) in [4.78, 5) is 13.5. The van der Waals surface area contributed by atoms with Crippen LogP contribution in [0.2, 0.25) is 0 Å². The number of furan rings is 1. The number of nitrogens with zero attached hydrogens (tertiary/aromatic N) is 1. The molecule has 3 atom stereocenters. The van der Waals surface area contributed by atoms with E-state index < -0.39 is 0 Å². The van der Waals surface area contributed by atoms with E-state index in [0.29, 0.717) is 12.5 Å². The molecule has 4 nitrogen and oxygen atoms in total. The molecule has 2 aliphatic rings. The average molecular weight is 248 g/mol. The highest BCUT2D eigenvalue weighted by molar-refractivity contribution is 5.83. The van der Waals surface area contributed by atoms with Gasteiger partial charge in [0.25, 0.3) is 0 Å². The Morgan fingerprint density at radius 3 is 2.89 bits per heavy atom. The van der Waals surface area contributed by atoms with Crippen molar-refractivity contribution in [1.82, 2.24) is 10.2 Å². The van der Waals surface area contributed by atoms with Crippen molar-refractivity contribution in [3.8, 4) is 0 Å². The topological polar surface area (TPSA) is 45.5 Å². The molecule has 2 fully saturated rings. The molecule has 0 aromatic carbocycles. The number of nitrogens with one attached hydrogen (secondary N) is 1. The largest absolute Gasteiger partial charge is 0.464 e. The van der Waals surface area contributed by atoms with E-state index in [1.807, 2.05) is 13.1 Å². The second-order valence-electron chi connectivity index (χ2n) is 5.61. The Kier molecular flexibility index (Phi) is 2.90. The number of likely N-dealkylation sites (tertiary alicyclic amines) is 1. The van der Waals surface area contributed by atoms with Crippen molar-refractivity contribution in [2.24, 2.45) is 5.92 Å². The van der Waals surface area contributed by atoms with Gasteiger partial charge in [-0.25, -0.2) is 0 Å². The van der Waals surface area contributed by atoms with E-state index in [-0.39, 0.29) is 11.9 Å². The van der Waals surface area contributed by atoms with Crippen molar-refractivity contribution in [3.05, 3.63) is 23.7 Å². The Hall–Kier alpha value is -1.29. The van der Waals surface area contributed by atoms with Crippen molar-refractivity contribution >= 4 is 5.91 Å². The normalized spacial score (nSPS) is 31.1. The molecule has 0 radical (unpaired) electrons. The van der Waals surface area contributed by atoms with E-state index in [9.17, 15) is 4.79 Å². The third-order valence-corrected chi connectivity index (χ3v) is 4.11. The lowest BCUT2D eigenvalue weighted by Gasteiger charge is -2.10. The quantitative estimate of drug-likeness (QED) is 0.882. The van der Waals surface area contributed by atoms with E-state index in [1.165, 1.54) is 6.42 Å². The van der Waals surface area contributed by atoms with Crippen LogP contribution in [0.1, 0.15) is 37.2 Å². The van der Waals surface area contributed by atoms with Crippen molar-refractivity contribution < 1.29 is 9.21 Å². The van der Waals surface area contributed by atoms with Gasteiger partial charge < -0.3 is 9.32 Å². The van der Waals surface area contributed by atoms with Crippen LogP contribution in [0.15, 0.2) is 16.5 Å². The summed E-state index contributed by atoms with van der Waals surface area (Å²) in [5.74, 6) is 3.62. The first-order chi connectivity index (χ1) is 8.65. The molecule has 1 saturated heterocycles. The molecule has 98 valence electrons. The highest BCUT2D eigenvalue weighted by Crippen LogP contribution is 2.47. The maximum absolute atomic E-state index is 11.7. The Morgan fingerprint density at radius 2 is 2.28 bits per heavy atom. The summed E-state index contributed by atoms with van der Waals surface area (Å²) in [5, 5.41) is 3.28. The van der Waals surface area contributed by atoms with Gasteiger partial charge in [-0.05, 0) is 30.9 Å². The SMILES string of the molecule is CC1CC1c1ccc(CNC2CCN(C)C2=O)o1. The molecule has 1 N–H and O–H groups in total. The molecule has 1 aromatic heterocycles. The Bertz CT molecular complexity index is 454. The van der Waals surface area contributed by atoms with Gasteiger partial charge in [-0.1, -0.05) is 6.92 Å². The van der Waals surface area contributed by atoms with Crippen molar-refractivity contribution in [3.63, 3.8) is 0 Å². The Labute approximate surface area is 107 Å². The fourth-order valence-electron chi connectivity index (χ4n) is 2.64. The number of rotatable bonds is 4. The number of carbonyl (C=O) groups excluding carboxylic acids is 1. The van der Waals surface area contributed by atoms with Crippen LogP contribution in [0.5, 0.6) is 0 Å². The van der Waals surface area contributed by atoms with Gasteiger partial charge in [0.05, 0.1) is 12.6 Å². The van der Waals surface area contributed by atoms with Crippen molar-refractivity contribution in [2.75, 3.05) is 13.6 Å². The predicted molar refractivity (Wildman–Crippen MR) is 68.1 cm³/mol. The fraction of sp³-hybridized carbons (Fsp3) is 0.643. The third-order valence-electron chi connectivity index (χ3n) is 4.11. The number of hydrogen-bond acceptors (Lipinski definition) is 3. The van der Waals surface area contributed by atoms with Crippen LogP contribution in [0, 0.1) is 5.92 Å². The van der Waals surface area contributed by atoms with Crippen LogP contribution in [0.25, 0.3) is 0 Å². The number of hydrogen-bond donors (Lipinski definition) is 1. The summed E-state index contributed by atoms with van der Waals surface area (Å²) in [6.07, 6.45) is 2.13. The lowest BCUT2D eigenvalue weighted by Crippen LogP contribution is -2.36. The van der Waals surface area contributed by atoms with E-state index in [2.05, 4.69) is 18.3 Å². The molecule has 1 aromatic rings. The maximum atomic E-state index is 11.7. The third kappa shape index (κ3) is 2.17. The summed E-state index contributed by atoms with van der Waals surface area (Å²) < 4.78 is 5.81. The molecule has 1 amide bonds. The molecule has 4 heteroatoms. The molecule has 3 unspecified atom stereocenters. The lowest BCUT2D eigenvalue weighted by molar-refractivity contribution is -0.128. The molecule has 0 spiro atoms. The van der Waals surface area contributed by atoms with Gasteiger partial charge in [0, 0.05) is 19.5 Å². The Morgan fingerprint density at radius 1 is 1.50 bits per heavy atom. The van der Waals surface area contributed by atoms with E-state index in [1.54, 1.807) is 4.90 Å². The second kappa shape index (κ2) is 4.43. The second-order valence-corrected chi connectivity index (χ2v) is 5.61. The maximum Gasteiger partial charge on any atom is 0.239 e. The molecule has 2 heterocycles. The Balaban J connectivity index is 1.54. The number of amides is 1. The standard InChI is InChI=1S/C14H20N2O2/c1-9-7-11(9)13-4-3-10(18-13)8-15-12-5-6-16(2)14(12)17/h3-4,9,11-12,15H,5-8H2,1-2H3. The van der Waals surface area contributed by atoms with Gasteiger partial charge in [0.1, 0.15) is 11.5 Å². The summed E-state index contributed by atoms with van der Waals surface area (Å²) >= 11 is 0. The highest BCUT2D eigenvalue weighted by Gasteiger charge is 2.36. The minimum atomic E-state index is -0.0385. The van der Waals surface area contributed by atoms with Gasteiger partial charge >= 0.3 is 0 Å². The first-order valence-corrected chi connectivity index (χ1v) is 6.72. The molecule has 1 aliphatic heterocycles. The van der Waals surface area contributed by atoms with Gasteiger partial charge in [0.15, 0.2) is 0 Å². The smallest absolute Gasteiger partial charge is 0.239 e. The average Bonchev–Trinajstić information content (AvgIpc) is 2.78. The zero-order chi connectivity index (χ0) is 12.7. The van der Waals surface area contributed by atoms with Gasteiger partial charge in [-0.3, -0.25) is 10.1 Å². The van der Waals surface area contributed by atoms with Crippen molar-refractivity contribution in [2.45, 2.75) is 38.3 Å². The highest BCUT2D eigenvalue weighted by atomic mass is 16.3. The number of likely N-dealkylation sites (N-methyl/N-ethyl adjacent to an activating group) is 1. The van der Waals surface area contributed by atoms with Gasteiger partial charge in [0.2, 0.25) is 5.91 Å². The summed E-state index contributed by atoms with van der Waals surface area (Å²) in [7, 11) is 1.85. The summed E-state index contributed by atoms with van der Waals surface area (Å²) in [5.41, 5.74) is 0.